The standard InChI is InChI=1S/C20H25N3O.C7H14O2/c1-4-23(5-2)20(24)14-9-16-15-7-6-8-17-19(15)13(11-21-17)10-18(16)22(3)12-14;1-4-6(3)7(8)9-5-2/h6-9,11,14,18,21H,4-5,10,12H2,1-3H3;6H,4-5H2,1-3H3/t14-,18-;/m1./s1. The Morgan fingerprint density at radius 1 is 1.21 bits per heavy atom. The zero-order valence-corrected chi connectivity index (χ0v) is 21.0. The summed E-state index contributed by atoms with van der Waals surface area (Å²) in [5, 5.41) is 1.34. The molecule has 1 aromatic heterocycles. The normalized spacial score (nSPS) is 20.2. The highest BCUT2D eigenvalue weighted by Crippen LogP contribution is 2.40. The van der Waals surface area contributed by atoms with Gasteiger partial charge in [0.25, 0.3) is 0 Å². The molecule has 1 N–H and O–H groups in total. The van der Waals surface area contributed by atoms with Gasteiger partial charge in [0.05, 0.1) is 18.4 Å². The van der Waals surface area contributed by atoms with E-state index in [0.717, 1.165) is 32.5 Å². The van der Waals surface area contributed by atoms with Crippen molar-refractivity contribution in [3.8, 4) is 0 Å². The van der Waals surface area contributed by atoms with Gasteiger partial charge >= 0.3 is 5.97 Å². The van der Waals surface area contributed by atoms with E-state index in [1.807, 2.05) is 25.7 Å². The summed E-state index contributed by atoms with van der Waals surface area (Å²) in [7, 11) is 2.15. The van der Waals surface area contributed by atoms with Crippen molar-refractivity contribution in [2.45, 2.75) is 53.5 Å². The molecule has 180 valence electrons. The minimum Gasteiger partial charge on any atom is -0.466 e. The lowest BCUT2D eigenvalue weighted by Gasteiger charge is -2.40. The fraction of sp³-hybridized carbons (Fsp3) is 0.556. The minimum atomic E-state index is -0.0833. The lowest BCUT2D eigenvalue weighted by molar-refractivity contribution is -0.147. The molecule has 2 aliphatic rings. The molecule has 1 aliphatic heterocycles. The second kappa shape index (κ2) is 11.0. The van der Waals surface area contributed by atoms with Crippen molar-refractivity contribution in [3.63, 3.8) is 0 Å². The number of hydrogen-bond donors (Lipinski definition) is 1. The molecule has 0 fully saturated rings. The van der Waals surface area contributed by atoms with Crippen molar-refractivity contribution in [2.75, 3.05) is 33.3 Å². The Balaban J connectivity index is 0.000000292. The number of fused-ring (bicyclic) bond motifs is 2. The molecule has 1 amide bonds. The first kappa shape index (κ1) is 25.0. The number of nitrogens with one attached hydrogen (secondary N) is 1. The summed E-state index contributed by atoms with van der Waals surface area (Å²) >= 11 is 0. The number of benzene rings is 1. The number of esters is 1. The van der Waals surface area contributed by atoms with Crippen LogP contribution < -0.4 is 0 Å². The average Bonchev–Trinajstić information content (AvgIpc) is 3.24. The summed E-state index contributed by atoms with van der Waals surface area (Å²) in [6, 6.07) is 6.82. The molecule has 2 aromatic rings. The number of nitrogens with zero attached hydrogens (tertiary/aromatic N) is 2. The van der Waals surface area contributed by atoms with Crippen LogP contribution in [-0.2, 0) is 20.7 Å². The Kier molecular flexibility index (Phi) is 8.35. The lowest BCUT2D eigenvalue weighted by Crippen LogP contribution is -2.47. The molecule has 4 rings (SSSR count). The van der Waals surface area contributed by atoms with E-state index >= 15 is 0 Å². The predicted molar refractivity (Wildman–Crippen MR) is 134 cm³/mol. The summed E-state index contributed by atoms with van der Waals surface area (Å²) in [6.07, 6.45) is 6.27. The topological polar surface area (TPSA) is 65.6 Å². The van der Waals surface area contributed by atoms with Crippen LogP contribution >= 0.6 is 0 Å². The quantitative estimate of drug-likeness (QED) is 0.654. The summed E-state index contributed by atoms with van der Waals surface area (Å²) in [5.74, 6) is 0.187. The lowest BCUT2D eigenvalue weighted by atomic mass is 9.79. The van der Waals surface area contributed by atoms with Crippen LogP contribution in [0.4, 0.5) is 0 Å². The Bertz CT molecular complexity index is 1010. The molecule has 6 nitrogen and oxygen atoms in total. The van der Waals surface area contributed by atoms with E-state index in [9.17, 15) is 9.59 Å². The molecule has 1 aromatic carbocycles. The van der Waals surface area contributed by atoms with Crippen molar-refractivity contribution in [3.05, 3.63) is 41.6 Å². The Labute approximate surface area is 198 Å². The number of likely N-dealkylation sites (N-methyl/N-ethyl adjacent to an activating group) is 1. The molecular formula is C27H39N3O3. The smallest absolute Gasteiger partial charge is 0.308 e. The maximum atomic E-state index is 12.9. The first-order valence-corrected chi connectivity index (χ1v) is 12.3. The van der Waals surface area contributed by atoms with Crippen molar-refractivity contribution < 1.29 is 14.3 Å². The SMILES string of the molecule is CCN(CC)C(=O)[C@@H]1C=C2c3cccc4[nH]cc(c34)C[C@H]2N(C)C1.CCOC(=O)C(C)CC. The number of rotatable bonds is 6. The average molecular weight is 454 g/mol. The number of H-pyrrole nitrogens is 1. The maximum absolute atomic E-state index is 12.9. The van der Waals surface area contributed by atoms with Crippen LogP contribution in [0.3, 0.4) is 0 Å². The second-order valence-corrected chi connectivity index (χ2v) is 9.00. The molecule has 1 aliphatic carbocycles. The fourth-order valence-corrected chi connectivity index (χ4v) is 4.83. The van der Waals surface area contributed by atoms with Gasteiger partial charge < -0.3 is 14.6 Å². The summed E-state index contributed by atoms with van der Waals surface area (Å²) in [5.41, 5.74) is 5.21. The molecule has 0 bridgehead atoms. The molecule has 0 saturated heterocycles. The zero-order valence-electron chi connectivity index (χ0n) is 21.0. The minimum absolute atomic E-state index is 0.0445. The van der Waals surface area contributed by atoms with Crippen molar-refractivity contribution >= 4 is 28.4 Å². The third-order valence-electron chi connectivity index (χ3n) is 6.96. The molecule has 0 saturated carbocycles. The van der Waals surface area contributed by atoms with Crippen molar-refractivity contribution in [1.82, 2.24) is 14.8 Å². The van der Waals surface area contributed by atoms with Gasteiger partial charge in [-0.25, -0.2) is 0 Å². The van der Waals surface area contributed by atoms with E-state index in [2.05, 4.69) is 61.3 Å². The summed E-state index contributed by atoms with van der Waals surface area (Å²) in [6.45, 7) is 12.6. The van der Waals surface area contributed by atoms with E-state index in [-0.39, 0.29) is 23.7 Å². The first-order valence-electron chi connectivity index (χ1n) is 12.3. The van der Waals surface area contributed by atoms with Gasteiger partial charge in [0.1, 0.15) is 0 Å². The van der Waals surface area contributed by atoms with Gasteiger partial charge in [0.2, 0.25) is 5.91 Å². The van der Waals surface area contributed by atoms with E-state index in [4.69, 9.17) is 4.74 Å². The highest BCUT2D eigenvalue weighted by atomic mass is 16.5. The van der Waals surface area contributed by atoms with E-state index < -0.39 is 0 Å². The highest BCUT2D eigenvalue weighted by Gasteiger charge is 2.36. The monoisotopic (exact) mass is 453 g/mol. The van der Waals surface area contributed by atoms with Gasteiger partial charge in [-0.15, -0.1) is 0 Å². The molecule has 2 heterocycles. The van der Waals surface area contributed by atoms with Crippen LogP contribution in [0, 0.1) is 11.8 Å². The van der Waals surface area contributed by atoms with E-state index in [0.29, 0.717) is 12.6 Å². The largest absolute Gasteiger partial charge is 0.466 e. The number of aromatic amines is 1. The Hall–Kier alpha value is -2.60. The van der Waals surface area contributed by atoms with Crippen LogP contribution in [0.1, 0.15) is 52.2 Å². The van der Waals surface area contributed by atoms with Gasteiger partial charge in [-0.1, -0.05) is 32.1 Å². The van der Waals surface area contributed by atoms with Gasteiger partial charge in [-0.05, 0) is 63.4 Å². The first-order chi connectivity index (χ1) is 15.9. The number of ether oxygens (including phenoxy) is 1. The Morgan fingerprint density at radius 3 is 2.58 bits per heavy atom. The number of carbonyl (C=O) groups is 2. The Morgan fingerprint density at radius 2 is 1.94 bits per heavy atom. The number of carbonyl (C=O) groups excluding carboxylic acids is 2. The summed E-state index contributed by atoms with van der Waals surface area (Å²) in [4.78, 5) is 31.3. The predicted octanol–water partition coefficient (Wildman–Crippen LogP) is 4.50. The van der Waals surface area contributed by atoms with E-state index in [1.165, 1.54) is 27.6 Å². The van der Waals surface area contributed by atoms with Crippen LogP contribution in [0.25, 0.3) is 16.5 Å². The second-order valence-electron chi connectivity index (χ2n) is 9.00. The van der Waals surface area contributed by atoms with Crippen LogP contribution in [0.15, 0.2) is 30.5 Å². The molecule has 3 atom stereocenters. The van der Waals surface area contributed by atoms with Gasteiger partial charge in [0.15, 0.2) is 0 Å². The third kappa shape index (κ3) is 5.16. The molecular weight excluding hydrogens is 414 g/mol. The number of hydrogen-bond acceptors (Lipinski definition) is 4. The van der Waals surface area contributed by atoms with Crippen LogP contribution in [0.2, 0.25) is 0 Å². The zero-order chi connectivity index (χ0) is 24.1. The molecule has 0 spiro atoms. The maximum Gasteiger partial charge on any atom is 0.308 e. The number of aromatic nitrogens is 1. The van der Waals surface area contributed by atoms with Crippen LogP contribution in [-0.4, -0.2) is 66.0 Å². The van der Waals surface area contributed by atoms with E-state index in [1.54, 1.807) is 0 Å². The highest BCUT2D eigenvalue weighted by molar-refractivity contribution is 5.99. The number of amides is 1. The van der Waals surface area contributed by atoms with Gasteiger partial charge in [-0.2, -0.15) is 0 Å². The molecule has 6 heteroatoms. The van der Waals surface area contributed by atoms with Crippen molar-refractivity contribution in [2.24, 2.45) is 11.8 Å². The van der Waals surface area contributed by atoms with Crippen LogP contribution in [0.5, 0.6) is 0 Å². The fourth-order valence-electron chi connectivity index (χ4n) is 4.83. The summed E-state index contributed by atoms with van der Waals surface area (Å²) < 4.78 is 4.76. The third-order valence-corrected chi connectivity index (χ3v) is 6.96. The molecule has 1 unspecified atom stereocenters. The molecule has 33 heavy (non-hydrogen) atoms. The van der Waals surface area contributed by atoms with Crippen molar-refractivity contribution in [1.29, 1.82) is 0 Å². The van der Waals surface area contributed by atoms with Gasteiger partial charge in [0, 0.05) is 42.8 Å². The molecule has 0 radical (unpaired) electrons. The van der Waals surface area contributed by atoms with Gasteiger partial charge in [-0.3, -0.25) is 14.5 Å².